The Morgan fingerprint density at radius 2 is 1.76 bits per heavy atom. The minimum atomic E-state index is -0.732. The van der Waals surface area contributed by atoms with Crippen LogP contribution >= 0.6 is 0 Å². The lowest BCUT2D eigenvalue weighted by Gasteiger charge is -2.34. The molecule has 0 spiro atoms. The molecule has 1 aliphatic heterocycles. The van der Waals surface area contributed by atoms with Crippen molar-refractivity contribution in [3.8, 4) is 0 Å². The van der Waals surface area contributed by atoms with E-state index < -0.39 is 5.60 Å². The molecule has 0 radical (unpaired) electrons. The highest BCUT2D eigenvalue weighted by atomic mass is 16.5. The van der Waals surface area contributed by atoms with Crippen molar-refractivity contribution in [1.82, 2.24) is 15.5 Å². The third kappa shape index (κ3) is 4.58. The number of hydrogen-bond acceptors (Lipinski definition) is 4. The van der Waals surface area contributed by atoms with Crippen LogP contribution in [0.3, 0.4) is 0 Å². The molecular formula is C19H29N3O3. The van der Waals surface area contributed by atoms with Crippen molar-refractivity contribution < 1.29 is 14.3 Å². The molecule has 2 rings (SSSR count). The van der Waals surface area contributed by atoms with Crippen LogP contribution in [-0.4, -0.2) is 55.6 Å². The number of carbonyl (C=O) groups excluding carboxylic acids is 2. The van der Waals surface area contributed by atoms with Crippen molar-refractivity contribution in [2.45, 2.75) is 38.8 Å². The minimum absolute atomic E-state index is 0.0358. The molecule has 0 aromatic heterocycles. The van der Waals surface area contributed by atoms with Crippen LogP contribution in [0.4, 0.5) is 0 Å². The average Bonchev–Trinajstić information content (AvgIpc) is 2.67. The largest absolute Gasteiger partial charge is 0.368 e. The summed E-state index contributed by atoms with van der Waals surface area (Å²) in [5.41, 5.74) is 0.902. The van der Waals surface area contributed by atoms with Crippen molar-refractivity contribution in [3.63, 3.8) is 0 Å². The summed E-state index contributed by atoms with van der Waals surface area (Å²) >= 11 is 0. The third-order valence-corrected chi connectivity index (χ3v) is 4.92. The van der Waals surface area contributed by atoms with Gasteiger partial charge in [-0.2, -0.15) is 0 Å². The van der Waals surface area contributed by atoms with Gasteiger partial charge in [-0.3, -0.25) is 9.59 Å². The number of rotatable bonds is 7. The summed E-state index contributed by atoms with van der Waals surface area (Å²) in [6, 6.07) is 7.41. The van der Waals surface area contributed by atoms with Crippen LogP contribution in [0.15, 0.2) is 24.3 Å². The number of amides is 2. The Kier molecular flexibility index (Phi) is 6.96. The zero-order valence-corrected chi connectivity index (χ0v) is 15.4. The first-order valence-corrected chi connectivity index (χ1v) is 8.98. The van der Waals surface area contributed by atoms with E-state index in [2.05, 4.69) is 10.6 Å². The van der Waals surface area contributed by atoms with Crippen LogP contribution in [0.5, 0.6) is 0 Å². The average molecular weight is 347 g/mol. The number of methoxy groups -OCH3 is 1. The van der Waals surface area contributed by atoms with Gasteiger partial charge in [0.2, 0.25) is 0 Å². The maximum absolute atomic E-state index is 12.5. The van der Waals surface area contributed by atoms with Gasteiger partial charge in [0, 0.05) is 32.3 Å². The molecule has 1 fully saturated rings. The minimum Gasteiger partial charge on any atom is -0.368 e. The lowest BCUT2D eigenvalue weighted by atomic mass is 9.91. The van der Waals surface area contributed by atoms with E-state index in [0.717, 1.165) is 18.7 Å². The van der Waals surface area contributed by atoms with E-state index >= 15 is 0 Å². The predicted molar refractivity (Wildman–Crippen MR) is 97.4 cm³/mol. The van der Waals surface area contributed by atoms with E-state index in [1.807, 2.05) is 38.1 Å². The van der Waals surface area contributed by atoms with Crippen molar-refractivity contribution >= 4 is 11.8 Å². The second kappa shape index (κ2) is 8.97. The molecule has 2 amide bonds. The Balaban J connectivity index is 1.95. The molecule has 0 unspecified atom stereocenters. The maximum Gasteiger partial charge on any atom is 0.253 e. The SMILES string of the molecule is CCN(CC)C(=O)c1ccc(CNC(=O)C2(OC)CCNCC2)cc1. The Morgan fingerprint density at radius 1 is 1.16 bits per heavy atom. The maximum atomic E-state index is 12.5. The molecule has 6 nitrogen and oxygen atoms in total. The van der Waals surface area contributed by atoms with E-state index in [1.165, 1.54) is 0 Å². The van der Waals surface area contributed by atoms with Gasteiger partial charge in [0.15, 0.2) is 0 Å². The lowest BCUT2D eigenvalue weighted by Crippen LogP contribution is -2.53. The number of nitrogens with one attached hydrogen (secondary N) is 2. The molecule has 0 aliphatic carbocycles. The molecule has 0 bridgehead atoms. The first kappa shape index (κ1) is 19.4. The van der Waals surface area contributed by atoms with Crippen LogP contribution in [0.2, 0.25) is 0 Å². The molecule has 25 heavy (non-hydrogen) atoms. The highest BCUT2D eigenvalue weighted by Crippen LogP contribution is 2.22. The second-order valence-corrected chi connectivity index (χ2v) is 6.31. The fourth-order valence-electron chi connectivity index (χ4n) is 3.16. The summed E-state index contributed by atoms with van der Waals surface area (Å²) < 4.78 is 5.53. The summed E-state index contributed by atoms with van der Waals surface area (Å²) in [4.78, 5) is 26.6. The van der Waals surface area contributed by atoms with Gasteiger partial charge in [0.05, 0.1) is 0 Å². The predicted octanol–water partition coefficient (Wildman–Crippen LogP) is 1.55. The number of nitrogens with zero attached hydrogens (tertiary/aromatic N) is 1. The summed E-state index contributed by atoms with van der Waals surface area (Å²) in [7, 11) is 1.60. The van der Waals surface area contributed by atoms with Gasteiger partial charge in [-0.05, 0) is 57.5 Å². The third-order valence-electron chi connectivity index (χ3n) is 4.92. The lowest BCUT2D eigenvalue weighted by molar-refractivity contribution is -0.146. The van der Waals surface area contributed by atoms with Crippen molar-refractivity contribution in [3.05, 3.63) is 35.4 Å². The first-order chi connectivity index (χ1) is 12.1. The summed E-state index contributed by atoms with van der Waals surface area (Å²) in [6.07, 6.45) is 1.35. The first-order valence-electron chi connectivity index (χ1n) is 8.98. The number of hydrogen-bond donors (Lipinski definition) is 2. The molecule has 2 N–H and O–H groups in total. The van der Waals surface area contributed by atoms with Gasteiger partial charge < -0.3 is 20.3 Å². The van der Waals surface area contributed by atoms with Gasteiger partial charge in [-0.1, -0.05) is 12.1 Å². The summed E-state index contributed by atoms with van der Waals surface area (Å²) in [5, 5.41) is 6.21. The van der Waals surface area contributed by atoms with Gasteiger partial charge in [-0.15, -0.1) is 0 Å². The van der Waals surface area contributed by atoms with Crippen LogP contribution in [0.25, 0.3) is 0 Å². The molecule has 1 aromatic carbocycles. The molecular weight excluding hydrogens is 318 g/mol. The Hall–Kier alpha value is -1.92. The number of carbonyl (C=O) groups is 2. The van der Waals surface area contributed by atoms with Crippen molar-refractivity contribution in [2.24, 2.45) is 0 Å². The number of piperidine rings is 1. The smallest absolute Gasteiger partial charge is 0.253 e. The normalized spacial score (nSPS) is 16.3. The summed E-state index contributed by atoms with van der Waals surface area (Å²) in [5.74, 6) is -0.0339. The van der Waals surface area contributed by atoms with Crippen molar-refractivity contribution in [2.75, 3.05) is 33.3 Å². The van der Waals surface area contributed by atoms with Gasteiger partial charge in [0.1, 0.15) is 5.60 Å². The zero-order chi connectivity index (χ0) is 18.3. The van der Waals surface area contributed by atoms with Crippen molar-refractivity contribution in [1.29, 1.82) is 0 Å². The fraction of sp³-hybridized carbons (Fsp3) is 0.579. The van der Waals surface area contributed by atoms with Crippen LogP contribution < -0.4 is 10.6 Å². The molecule has 6 heteroatoms. The van der Waals surface area contributed by atoms with E-state index in [-0.39, 0.29) is 11.8 Å². The van der Waals surface area contributed by atoms with Crippen LogP contribution in [0, 0.1) is 0 Å². The quantitative estimate of drug-likeness (QED) is 0.785. The number of ether oxygens (including phenoxy) is 1. The van der Waals surface area contributed by atoms with Gasteiger partial charge in [0.25, 0.3) is 11.8 Å². The molecule has 0 saturated carbocycles. The Morgan fingerprint density at radius 3 is 2.28 bits per heavy atom. The monoisotopic (exact) mass is 347 g/mol. The topological polar surface area (TPSA) is 70.7 Å². The van der Waals surface area contributed by atoms with Gasteiger partial charge >= 0.3 is 0 Å². The molecule has 1 aromatic rings. The second-order valence-electron chi connectivity index (χ2n) is 6.31. The molecule has 138 valence electrons. The van der Waals surface area contributed by atoms with E-state index in [4.69, 9.17) is 4.74 Å². The van der Waals surface area contributed by atoms with E-state index in [0.29, 0.717) is 38.0 Å². The zero-order valence-electron chi connectivity index (χ0n) is 15.4. The van der Waals surface area contributed by atoms with Crippen LogP contribution in [-0.2, 0) is 16.1 Å². The van der Waals surface area contributed by atoms with Crippen LogP contribution in [0.1, 0.15) is 42.6 Å². The summed E-state index contributed by atoms with van der Waals surface area (Å²) in [6.45, 7) is 7.32. The highest BCUT2D eigenvalue weighted by Gasteiger charge is 2.39. The number of benzene rings is 1. The fourth-order valence-corrected chi connectivity index (χ4v) is 3.16. The van der Waals surface area contributed by atoms with Gasteiger partial charge in [-0.25, -0.2) is 0 Å². The highest BCUT2D eigenvalue weighted by molar-refractivity contribution is 5.94. The Bertz CT molecular complexity index is 576. The molecule has 1 aliphatic rings. The molecule has 1 heterocycles. The standard InChI is InChI=1S/C19H29N3O3/c1-4-22(5-2)17(23)16-8-6-15(7-9-16)14-21-18(24)19(25-3)10-12-20-13-11-19/h6-9,20H,4-5,10-14H2,1-3H3,(H,21,24). The molecule has 0 atom stereocenters. The Labute approximate surface area is 149 Å². The van der Waals surface area contributed by atoms with E-state index in [1.54, 1.807) is 12.0 Å². The molecule has 1 saturated heterocycles. The van der Waals surface area contributed by atoms with E-state index in [9.17, 15) is 9.59 Å².